The smallest absolute Gasteiger partial charge is 0.282 e. The molecule has 0 bridgehead atoms. The maximum absolute atomic E-state index is 12.8. The molecule has 2 aliphatic heterocycles. The highest BCUT2D eigenvalue weighted by Gasteiger charge is 2.32. The van der Waals surface area contributed by atoms with Gasteiger partial charge in [0.25, 0.3) is 10.2 Å². The van der Waals surface area contributed by atoms with E-state index in [1.807, 2.05) is 0 Å². The SMILES string of the molecule is O=S(=O)(N1CCCCCC1)N1CCN(Cc2ncccn2)CC1. The normalized spacial score (nSPS) is 22.8. The molecule has 2 saturated heterocycles. The van der Waals surface area contributed by atoms with Crippen LogP contribution in [-0.2, 0) is 16.8 Å². The molecule has 0 saturated carbocycles. The fourth-order valence-electron chi connectivity index (χ4n) is 3.17. The van der Waals surface area contributed by atoms with Crippen molar-refractivity contribution < 1.29 is 8.42 Å². The lowest BCUT2D eigenvalue weighted by atomic mass is 10.2. The van der Waals surface area contributed by atoms with Crippen LogP contribution in [0.4, 0.5) is 0 Å². The summed E-state index contributed by atoms with van der Waals surface area (Å²) in [5, 5.41) is 0. The number of nitrogens with zero attached hydrogens (tertiary/aromatic N) is 5. The van der Waals surface area contributed by atoms with Gasteiger partial charge < -0.3 is 0 Å². The van der Waals surface area contributed by atoms with Crippen molar-refractivity contribution in [3.63, 3.8) is 0 Å². The molecule has 3 rings (SSSR count). The molecule has 0 aromatic carbocycles. The monoisotopic (exact) mass is 339 g/mol. The molecule has 0 N–H and O–H groups in total. The Kier molecular flexibility index (Phi) is 5.58. The van der Waals surface area contributed by atoms with E-state index in [0.717, 1.165) is 44.6 Å². The van der Waals surface area contributed by atoms with Crippen LogP contribution in [0, 0.1) is 0 Å². The van der Waals surface area contributed by atoms with Gasteiger partial charge >= 0.3 is 0 Å². The van der Waals surface area contributed by atoms with Crippen LogP contribution in [0.25, 0.3) is 0 Å². The Balaban J connectivity index is 1.55. The second kappa shape index (κ2) is 7.65. The van der Waals surface area contributed by atoms with Gasteiger partial charge in [-0.25, -0.2) is 9.97 Å². The zero-order chi connectivity index (χ0) is 16.1. The van der Waals surface area contributed by atoms with Gasteiger partial charge in [0.05, 0.1) is 6.54 Å². The van der Waals surface area contributed by atoms with Crippen LogP contribution in [0.1, 0.15) is 31.5 Å². The van der Waals surface area contributed by atoms with E-state index in [1.165, 1.54) is 0 Å². The van der Waals surface area contributed by atoms with Crippen molar-refractivity contribution in [3.8, 4) is 0 Å². The average molecular weight is 339 g/mol. The molecule has 0 atom stereocenters. The summed E-state index contributed by atoms with van der Waals surface area (Å²) in [6.45, 7) is 4.56. The zero-order valence-corrected chi connectivity index (χ0v) is 14.3. The van der Waals surface area contributed by atoms with Gasteiger partial charge in [-0.05, 0) is 18.9 Å². The highest BCUT2D eigenvalue weighted by molar-refractivity contribution is 7.86. The third kappa shape index (κ3) is 4.26. The van der Waals surface area contributed by atoms with Crippen LogP contribution >= 0.6 is 0 Å². The lowest BCUT2D eigenvalue weighted by Crippen LogP contribution is -2.53. The van der Waals surface area contributed by atoms with Crippen molar-refractivity contribution in [3.05, 3.63) is 24.3 Å². The summed E-state index contributed by atoms with van der Waals surface area (Å²) in [6.07, 6.45) is 7.70. The van der Waals surface area contributed by atoms with Gasteiger partial charge in [-0.15, -0.1) is 0 Å². The third-order valence-electron chi connectivity index (χ3n) is 4.53. The van der Waals surface area contributed by atoms with Crippen LogP contribution in [0.2, 0.25) is 0 Å². The quantitative estimate of drug-likeness (QED) is 0.808. The second-order valence-corrected chi connectivity index (χ2v) is 8.09. The molecule has 23 heavy (non-hydrogen) atoms. The first-order valence-electron chi connectivity index (χ1n) is 8.40. The van der Waals surface area contributed by atoms with E-state index in [4.69, 9.17) is 0 Å². The maximum atomic E-state index is 12.8. The third-order valence-corrected chi connectivity index (χ3v) is 6.57. The second-order valence-electron chi connectivity index (χ2n) is 6.16. The Bertz CT molecular complexity index is 579. The topological polar surface area (TPSA) is 69.6 Å². The first kappa shape index (κ1) is 16.8. The summed E-state index contributed by atoms with van der Waals surface area (Å²) >= 11 is 0. The molecule has 2 fully saturated rings. The van der Waals surface area contributed by atoms with Crippen LogP contribution < -0.4 is 0 Å². The molecule has 2 aliphatic rings. The minimum absolute atomic E-state index is 0.547. The standard InChI is InChI=1S/C15H25N5O2S/c21-23(22,19-8-3-1-2-4-9-19)20-12-10-18(11-13-20)14-15-16-6-5-7-17-15/h5-7H,1-4,8-14H2. The van der Waals surface area contributed by atoms with E-state index >= 15 is 0 Å². The Labute approximate surface area is 138 Å². The Hall–Kier alpha value is -1.09. The molecule has 0 unspecified atom stereocenters. The predicted molar refractivity (Wildman–Crippen MR) is 87.8 cm³/mol. The first-order valence-corrected chi connectivity index (χ1v) is 9.79. The molecule has 8 heteroatoms. The molecule has 1 aromatic heterocycles. The fourth-order valence-corrected chi connectivity index (χ4v) is 4.84. The lowest BCUT2D eigenvalue weighted by molar-refractivity contribution is 0.171. The van der Waals surface area contributed by atoms with Crippen molar-refractivity contribution in [2.75, 3.05) is 39.3 Å². The van der Waals surface area contributed by atoms with Crippen molar-refractivity contribution >= 4 is 10.2 Å². The number of piperazine rings is 1. The van der Waals surface area contributed by atoms with Crippen molar-refractivity contribution in [1.82, 2.24) is 23.5 Å². The van der Waals surface area contributed by atoms with E-state index in [2.05, 4.69) is 14.9 Å². The van der Waals surface area contributed by atoms with Crippen LogP contribution in [0.15, 0.2) is 18.5 Å². The molecule has 1 aromatic rings. The summed E-state index contributed by atoms with van der Waals surface area (Å²) in [7, 11) is -3.30. The van der Waals surface area contributed by atoms with Crippen molar-refractivity contribution in [2.24, 2.45) is 0 Å². The Morgan fingerprint density at radius 2 is 1.39 bits per heavy atom. The van der Waals surface area contributed by atoms with Crippen molar-refractivity contribution in [1.29, 1.82) is 0 Å². The number of aromatic nitrogens is 2. The lowest BCUT2D eigenvalue weighted by Gasteiger charge is -2.36. The molecule has 128 valence electrons. The number of rotatable bonds is 4. The molecular weight excluding hydrogens is 314 g/mol. The molecule has 0 aliphatic carbocycles. The fraction of sp³-hybridized carbons (Fsp3) is 0.733. The zero-order valence-electron chi connectivity index (χ0n) is 13.5. The van der Waals surface area contributed by atoms with Gasteiger partial charge in [-0.2, -0.15) is 17.0 Å². The molecule has 7 nitrogen and oxygen atoms in total. The van der Waals surface area contributed by atoms with E-state index in [-0.39, 0.29) is 0 Å². The summed E-state index contributed by atoms with van der Waals surface area (Å²) < 4.78 is 28.9. The van der Waals surface area contributed by atoms with Gasteiger partial charge in [-0.1, -0.05) is 12.8 Å². The van der Waals surface area contributed by atoms with Crippen LogP contribution in [-0.4, -0.2) is 71.2 Å². The molecule has 3 heterocycles. The minimum Gasteiger partial charge on any atom is -0.293 e. The van der Waals surface area contributed by atoms with E-state index in [1.54, 1.807) is 27.1 Å². The number of hydrogen-bond acceptors (Lipinski definition) is 5. The van der Waals surface area contributed by atoms with Gasteiger partial charge in [0.1, 0.15) is 5.82 Å². The average Bonchev–Trinajstić information content (AvgIpc) is 2.86. The van der Waals surface area contributed by atoms with Gasteiger partial charge in [0, 0.05) is 51.7 Å². The van der Waals surface area contributed by atoms with E-state index < -0.39 is 10.2 Å². The minimum atomic E-state index is -3.30. The summed E-state index contributed by atoms with van der Waals surface area (Å²) in [5.41, 5.74) is 0. The number of hydrogen-bond donors (Lipinski definition) is 0. The molecule has 0 amide bonds. The summed E-state index contributed by atoms with van der Waals surface area (Å²) in [6, 6.07) is 1.80. The first-order chi connectivity index (χ1) is 11.2. The highest BCUT2D eigenvalue weighted by atomic mass is 32.2. The van der Waals surface area contributed by atoms with Gasteiger partial charge in [0.15, 0.2) is 0 Å². The summed E-state index contributed by atoms with van der Waals surface area (Å²) in [4.78, 5) is 10.7. The van der Waals surface area contributed by atoms with Crippen molar-refractivity contribution in [2.45, 2.75) is 32.2 Å². The highest BCUT2D eigenvalue weighted by Crippen LogP contribution is 2.18. The molecule has 0 spiro atoms. The van der Waals surface area contributed by atoms with Crippen LogP contribution in [0.5, 0.6) is 0 Å². The Morgan fingerprint density at radius 3 is 2.00 bits per heavy atom. The van der Waals surface area contributed by atoms with E-state index in [9.17, 15) is 8.42 Å². The molecule has 0 radical (unpaired) electrons. The van der Waals surface area contributed by atoms with Gasteiger partial charge in [0.2, 0.25) is 0 Å². The van der Waals surface area contributed by atoms with E-state index in [0.29, 0.717) is 32.7 Å². The van der Waals surface area contributed by atoms with Crippen LogP contribution in [0.3, 0.4) is 0 Å². The maximum Gasteiger partial charge on any atom is 0.282 e. The predicted octanol–water partition coefficient (Wildman–Crippen LogP) is 0.715. The molecular formula is C15H25N5O2S. The summed E-state index contributed by atoms with van der Waals surface area (Å²) in [5.74, 6) is 0.788. The van der Waals surface area contributed by atoms with Gasteiger partial charge in [-0.3, -0.25) is 4.90 Å². The Morgan fingerprint density at radius 1 is 0.826 bits per heavy atom. The largest absolute Gasteiger partial charge is 0.293 e.